The van der Waals surface area contributed by atoms with E-state index in [4.69, 9.17) is 6.42 Å². The molecule has 0 fully saturated rings. The first-order valence-corrected chi connectivity index (χ1v) is 3.84. The number of terminal acetylenes is 1. The Bertz CT molecular complexity index is 263. The minimum absolute atomic E-state index is 0.122. The maximum absolute atomic E-state index is 5.31. The van der Waals surface area contributed by atoms with Crippen LogP contribution in [-0.4, -0.2) is 16.5 Å². The third kappa shape index (κ3) is 2.04. The van der Waals surface area contributed by atoms with Gasteiger partial charge in [-0.1, -0.05) is 12.8 Å². The van der Waals surface area contributed by atoms with Crippen molar-refractivity contribution in [1.29, 1.82) is 0 Å². The highest BCUT2D eigenvalue weighted by Crippen LogP contribution is 2.04. The van der Waals surface area contributed by atoms with Crippen molar-refractivity contribution >= 4 is 0 Å². The molecule has 1 N–H and O–H groups in total. The van der Waals surface area contributed by atoms with Gasteiger partial charge >= 0.3 is 0 Å². The Morgan fingerprint density at radius 1 is 1.67 bits per heavy atom. The highest BCUT2D eigenvalue weighted by atomic mass is 14.9. The Labute approximate surface area is 72.2 Å². The fourth-order valence-corrected chi connectivity index (χ4v) is 0.913. The number of hydrogen-bond donors (Lipinski definition) is 1. The van der Waals surface area contributed by atoms with Gasteiger partial charge in [0.15, 0.2) is 0 Å². The van der Waals surface area contributed by atoms with Crippen molar-refractivity contribution in [2.45, 2.75) is 13.0 Å². The van der Waals surface area contributed by atoms with Gasteiger partial charge in [-0.25, -0.2) is 0 Å². The minimum atomic E-state index is -0.122. The van der Waals surface area contributed by atoms with E-state index in [1.165, 1.54) is 0 Å². The fraction of sp³-hybridized carbons (Fsp3) is 0.333. The van der Waals surface area contributed by atoms with Crippen LogP contribution in [-0.2, 0) is 0 Å². The third-order valence-corrected chi connectivity index (χ3v) is 1.45. The summed E-state index contributed by atoms with van der Waals surface area (Å²) in [6, 6.07) is -0.122. The summed E-state index contributed by atoms with van der Waals surface area (Å²) in [6.07, 6.45) is 10.2. The molecule has 0 radical (unpaired) electrons. The van der Waals surface area contributed by atoms with E-state index in [1.807, 2.05) is 6.92 Å². The molecule has 1 rings (SSSR count). The largest absolute Gasteiger partial charge is 0.299 e. The van der Waals surface area contributed by atoms with E-state index in [0.717, 1.165) is 12.2 Å². The predicted molar refractivity (Wildman–Crippen MR) is 47.3 cm³/mol. The van der Waals surface area contributed by atoms with Gasteiger partial charge in [0.25, 0.3) is 0 Å². The average Bonchev–Trinajstić information content (AvgIpc) is 2.15. The molecule has 62 valence electrons. The molecule has 0 saturated carbocycles. The van der Waals surface area contributed by atoms with Gasteiger partial charge in [0, 0.05) is 12.4 Å². The van der Waals surface area contributed by atoms with Gasteiger partial charge < -0.3 is 0 Å². The molecule has 0 aromatic carbocycles. The standard InChI is InChI=1S/C9H11N3/c1-3-8(11-4-2)9-7-10-5-6-12-9/h1,5-8,11H,4H2,2H3. The maximum atomic E-state index is 5.31. The summed E-state index contributed by atoms with van der Waals surface area (Å²) in [5.41, 5.74) is 0.793. The fourth-order valence-electron chi connectivity index (χ4n) is 0.913. The number of hydrogen-bond acceptors (Lipinski definition) is 3. The molecule has 0 saturated heterocycles. The van der Waals surface area contributed by atoms with Crippen LogP contribution >= 0.6 is 0 Å². The zero-order valence-electron chi connectivity index (χ0n) is 6.99. The molecule has 1 atom stereocenters. The van der Waals surface area contributed by atoms with Gasteiger partial charge in [0.2, 0.25) is 0 Å². The van der Waals surface area contributed by atoms with E-state index in [0.29, 0.717) is 0 Å². The van der Waals surface area contributed by atoms with Gasteiger partial charge in [-0.3, -0.25) is 15.3 Å². The Hall–Kier alpha value is -1.40. The zero-order chi connectivity index (χ0) is 8.81. The molecule has 0 aliphatic carbocycles. The van der Waals surface area contributed by atoms with Crippen molar-refractivity contribution in [2.75, 3.05) is 6.54 Å². The first-order valence-electron chi connectivity index (χ1n) is 3.84. The van der Waals surface area contributed by atoms with E-state index in [-0.39, 0.29) is 6.04 Å². The molecule has 0 aliphatic rings. The Morgan fingerprint density at radius 3 is 3.00 bits per heavy atom. The van der Waals surface area contributed by atoms with Crippen LogP contribution in [0.5, 0.6) is 0 Å². The zero-order valence-corrected chi connectivity index (χ0v) is 6.99. The van der Waals surface area contributed by atoms with Gasteiger partial charge in [-0.15, -0.1) is 6.42 Å². The van der Waals surface area contributed by atoms with E-state index >= 15 is 0 Å². The van der Waals surface area contributed by atoms with Crippen LogP contribution in [0.2, 0.25) is 0 Å². The molecular formula is C9H11N3. The van der Waals surface area contributed by atoms with Crippen LogP contribution in [0.3, 0.4) is 0 Å². The van der Waals surface area contributed by atoms with Crippen LogP contribution in [0.15, 0.2) is 18.6 Å². The van der Waals surface area contributed by atoms with E-state index in [1.54, 1.807) is 18.6 Å². The lowest BCUT2D eigenvalue weighted by molar-refractivity contribution is 0.646. The van der Waals surface area contributed by atoms with Crippen molar-refractivity contribution < 1.29 is 0 Å². The lowest BCUT2D eigenvalue weighted by Crippen LogP contribution is -2.20. The summed E-state index contributed by atoms with van der Waals surface area (Å²) in [4.78, 5) is 8.04. The van der Waals surface area contributed by atoms with Crippen molar-refractivity contribution in [3.8, 4) is 12.3 Å². The summed E-state index contributed by atoms with van der Waals surface area (Å²) in [5, 5.41) is 3.11. The predicted octanol–water partition coefficient (Wildman–Crippen LogP) is 0.760. The lowest BCUT2D eigenvalue weighted by Gasteiger charge is -2.08. The van der Waals surface area contributed by atoms with Crippen molar-refractivity contribution in [2.24, 2.45) is 0 Å². The minimum Gasteiger partial charge on any atom is -0.299 e. The van der Waals surface area contributed by atoms with Gasteiger partial charge in [-0.2, -0.15) is 0 Å². The molecule has 1 heterocycles. The molecular weight excluding hydrogens is 150 g/mol. The highest BCUT2D eigenvalue weighted by molar-refractivity contribution is 5.14. The van der Waals surface area contributed by atoms with Gasteiger partial charge in [0.1, 0.15) is 6.04 Å². The van der Waals surface area contributed by atoms with Gasteiger partial charge in [0.05, 0.1) is 11.9 Å². The molecule has 0 amide bonds. The van der Waals surface area contributed by atoms with E-state index in [9.17, 15) is 0 Å². The Balaban J connectivity index is 2.75. The molecule has 0 aliphatic heterocycles. The van der Waals surface area contributed by atoms with Crippen LogP contribution in [0.25, 0.3) is 0 Å². The third-order valence-electron chi connectivity index (χ3n) is 1.45. The highest BCUT2D eigenvalue weighted by Gasteiger charge is 2.06. The first kappa shape index (κ1) is 8.69. The summed E-state index contributed by atoms with van der Waals surface area (Å²) in [6.45, 7) is 2.83. The lowest BCUT2D eigenvalue weighted by atomic mass is 10.2. The molecule has 3 heteroatoms. The van der Waals surface area contributed by atoms with E-state index < -0.39 is 0 Å². The molecule has 1 aromatic rings. The SMILES string of the molecule is C#CC(NCC)c1cnccn1. The maximum Gasteiger partial charge on any atom is 0.113 e. The summed E-state index contributed by atoms with van der Waals surface area (Å²) >= 11 is 0. The second-order valence-electron chi connectivity index (χ2n) is 2.29. The molecule has 1 aromatic heterocycles. The second kappa shape index (κ2) is 4.47. The first-order chi connectivity index (χ1) is 5.88. The Kier molecular flexibility index (Phi) is 3.24. The summed E-state index contributed by atoms with van der Waals surface area (Å²) in [7, 11) is 0. The van der Waals surface area contributed by atoms with Gasteiger partial charge in [-0.05, 0) is 6.54 Å². The molecule has 0 spiro atoms. The normalized spacial score (nSPS) is 12.0. The Morgan fingerprint density at radius 2 is 2.50 bits per heavy atom. The van der Waals surface area contributed by atoms with Crippen LogP contribution in [0, 0.1) is 12.3 Å². The average molecular weight is 161 g/mol. The van der Waals surface area contributed by atoms with Crippen molar-refractivity contribution in [3.05, 3.63) is 24.3 Å². The second-order valence-corrected chi connectivity index (χ2v) is 2.29. The number of nitrogens with one attached hydrogen (secondary N) is 1. The van der Waals surface area contributed by atoms with Crippen molar-refractivity contribution in [1.82, 2.24) is 15.3 Å². The smallest absolute Gasteiger partial charge is 0.113 e. The monoisotopic (exact) mass is 161 g/mol. The van der Waals surface area contributed by atoms with Crippen molar-refractivity contribution in [3.63, 3.8) is 0 Å². The van der Waals surface area contributed by atoms with Crippen LogP contribution < -0.4 is 5.32 Å². The molecule has 12 heavy (non-hydrogen) atoms. The molecule has 1 unspecified atom stereocenters. The van der Waals surface area contributed by atoms with Crippen LogP contribution in [0.4, 0.5) is 0 Å². The number of aromatic nitrogens is 2. The molecule has 0 bridgehead atoms. The number of rotatable bonds is 3. The number of nitrogens with zero attached hydrogens (tertiary/aromatic N) is 2. The van der Waals surface area contributed by atoms with E-state index in [2.05, 4.69) is 21.2 Å². The summed E-state index contributed by atoms with van der Waals surface area (Å²) < 4.78 is 0. The topological polar surface area (TPSA) is 37.8 Å². The van der Waals surface area contributed by atoms with Crippen LogP contribution in [0.1, 0.15) is 18.7 Å². The molecule has 3 nitrogen and oxygen atoms in total. The summed E-state index contributed by atoms with van der Waals surface area (Å²) in [5.74, 6) is 2.61. The quantitative estimate of drug-likeness (QED) is 0.665.